The molecule has 0 amide bonds. The minimum Gasteiger partial charge on any atom is -0.392 e. The van der Waals surface area contributed by atoms with Crippen molar-refractivity contribution in [3.8, 4) is 0 Å². The molecule has 1 aromatic carbocycles. The topological polar surface area (TPSA) is 63.4 Å². The average Bonchev–Trinajstić information content (AvgIpc) is 2.09. The molecule has 0 aliphatic carbocycles. The maximum Gasteiger partial charge on any atom is 0.272 e. The zero-order valence-corrected chi connectivity index (χ0v) is 7.91. The van der Waals surface area contributed by atoms with E-state index in [-0.39, 0.29) is 15.7 Å². The molecule has 4 nitrogen and oxygen atoms in total. The van der Waals surface area contributed by atoms with Crippen LogP contribution in [0.25, 0.3) is 0 Å². The van der Waals surface area contributed by atoms with Crippen molar-refractivity contribution in [1.82, 2.24) is 0 Å². The first kappa shape index (κ1) is 10.1. The highest BCUT2D eigenvalue weighted by Gasteiger charge is 2.13. The lowest BCUT2D eigenvalue weighted by molar-refractivity contribution is -0.385. The third-order valence-corrected chi connectivity index (χ3v) is 2.36. The Balaban J connectivity index is 3.30. The molecule has 0 unspecified atom stereocenters. The van der Waals surface area contributed by atoms with E-state index in [0.717, 1.165) is 12.1 Å². The molecule has 1 rings (SSSR count). The first-order valence-corrected chi connectivity index (χ1v) is 4.08. The van der Waals surface area contributed by atoms with E-state index in [1.165, 1.54) is 0 Å². The Hall–Kier alpha value is -1.01. The molecule has 0 aliphatic rings. The van der Waals surface area contributed by atoms with Gasteiger partial charge in [-0.05, 0) is 15.9 Å². The molecule has 0 bridgehead atoms. The minimum absolute atomic E-state index is 0.0561. The van der Waals surface area contributed by atoms with Crippen LogP contribution in [0.2, 0.25) is 0 Å². The van der Waals surface area contributed by atoms with Gasteiger partial charge in [0.2, 0.25) is 0 Å². The summed E-state index contributed by atoms with van der Waals surface area (Å²) < 4.78 is 13.0. The van der Waals surface area contributed by atoms with E-state index in [1.807, 2.05) is 0 Å². The lowest BCUT2D eigenvalue weighted by Crippen LogP contribution is -1.94. The summed E-state index contributed by atoms with van der Waals surface area (Å²) in [5.74, 6) is -0.752. The number of nitro benzene ring substituents is 1. The van der Waals surface area contributed by atoms with Crippen molar-refractivity contribution in [3.05, 3.63) is 38.1 Å². The Morgan fingerprint density at radius 3 is 2.69 bits per heavy atom. The molecule has 0 saturated carbocycles. The van der Waals surface area contributed by atoms with Gasteiger partial charge in [0.05, 0.1) is 22.1 Å². The molecule has 70 valence electrons. The highest BCUT2D eigenvalue weighted by Crippen LogP contribution is 2.26. The maximum absolute atomic E-state index is 12.9. The van der Waals surface area contributed by atoms with Gasteiger partial charge in [-0.1, -0.05) is 0 Å². The largest absolute Gasteiger partial charge is 0.392 e. The third-order valence-electron chi connectivity index (χ3n) is 1.47. The predicted octanol–water partition coefficient (Wildman–Crippen LogP) is 1.99. The summed E-state index contributed by atoms with van der Waals surface area (Å²) in [6.45, 7) is -0.445. The average molecular weight is 250 g/mol. The normalized spacial score (nSPS) is 10.1. The number of non-ortho nitro benzene ring substituents is 1. The molecular weight excluding hydrogens is 245 g/mol. The van der Waals surface area contributed by atoms with Crippen LogP contribution >= 0.6 is 15.9 Å². The number of benzene rings is 1. The fourth-order valence-corrected chi connectivity index (χ4v) is 1.20. The van der Waals surface area contributed by atoms with Gasteiger partial charge in [0.25, 0.3) is 5.69 Å². The Morgan fingerprint density at radius 2 is 2.23 bits per heavy atom. The highest BCUT2D eigenvalue weighted by atomic mass is 79.9. The Kier molecular flexibility index (Phi) is 2.94. The molecule has 6 heteroatoms. The smallest absolute Gasteiger partial charge is 0.272 e. The van der Waals surface area contributed by atoms with Gasteiger partial charge in [-0.15, -0.1) is 0 Å². The van der Waals surface area contributed by atoms with Crippen molar-refractivity contribution in [1.29, 1.82) is 0 Å². The van der Waals surface area contributed by atoms with Gasteiger partial charge in [0, 0.05) is 11.6 Å². The first-order chi connectivity index (χ1) is 6.06. The quantitative estimate of drug-likeness (QED) is 0.644. The van der Waals surface area contributed by atoms with Crippen LogP contribution in [0.1, 0.15) is 5.56 Å². The number of halogens is 2. The highest BCUT2D eigenvalue weighted by molar-refractivity contribution is 9.10. The summed E-state index contributed by atoms with van der Waals surface area (Å²) in [6, 6.07) is 1.91. The van der Waals surface area contributed by atoms with E-state index < -0.39 is 17.3 Å². The molecule has 0 radical (unpaired) electrons. The number of hydrogen-bond acceptors (Lipinski definition) is 3. The minimum atomic E-state index is -0.752. The first-order valence-electron chi connectivity index (χ1n) is 3.29. The Morgan fingerprint density at radius 1 is 1.62 bits per heavy atom. The number of aliphatic hydroxyl groups is 1. The lowest BCUT2D eigenvalue weighted by atomic mass is 10.2. The monoisotopic (exact) mass is 249 g/mol. The van der Waals surface area contributed by atoms with Gasteiger partial charge in [-0.25, -0.2) is 4.39 Å². The molecule has 0 aliphatic heterocycles. The summed E-state index contributed by atoms with van der Waals surface area (Å²) in [4.78, 5) is 9.56. The fourth-order valence-electron chi connectivity index (χ4n) is 0.851. The van der Waals surface area contributed by atoms with Crippen LogP contribution in [-0.4, -0.2) is 10.0 Å². The Labute approximate surface area is 81.3 Å². The standard InChI is InChI=1S/C7H5BrFNO3/c8-7-4(3-11)1-5(10(12)13)2-6(7)9/h1-2,11H,3H2. The maximum atomic E-state index is 12.9. The summed E-state index contributed by atoms with van der Waals surface area (Å²) >= 11 is 2.87. The fraction of sp³-hybridized carbons (Fsp3) is 0.143. The summed E-state index contributed by atoms with van der Waals surface area (Å²) in [6.07, 6.45) is 0. The second-order valence-electron chi connectivity index (χ2n) is 2.32. The molecule has 13 heavy (non-hydrogen) atoms. The van der Waals surface area contributed by atoms with E-state index >= 15 is 0 Å². The third kappa shape index (κ3) is 2.02. The van der Waals surface area contributed by atoms with Gasteiger partial charge >= 0.3 is 0 Å². The number of hydrogen-bond donors (Lipinski definition) is 1. The number of nitrogens with zero attached hydrogens (tertiary/aromatic N) is 1. The van der Waals surface area contributed by atoms with Crippen LogP contribution in [0, 0.1) is 15.9 Å². The molecule has 0 heterocycles. The van der Waals surface area contributed by atoms with Gasteiger partial charge in [0.1, 0.15) is 5.82 Å². The number of nitro groups is 1. The number of aliphatic hydroxyl groups excluding tert-OH is 1. The molecule has 1 N–H and O–H groups in total. The zero-order chi connectivity index (χ0) is 10.0. The molecule has 0 saturated heterocycles. The van der Waals surface area contributed by atoms with Crippen molar-refractivity contribution in [2.24, 2.45) is 0 Å². The van der Waals surface area contributed by atoms with Crippen LogP contribution < -0.4 is 0 Å². The molecule has 0 fully saturated rings. The van der Waals surface area contributed by atoms with E-state index in [4.69, 9.17) is 5.11 Å². The van der Waals surface area contributed by atoms with E-state index in [9.17, 15) is 14.5 Å². The van der Waals surface area contributed by atoms with Crippen LogP contribution in [0.4, 0.5) is 10.1 Å². The molecular formula is C7H5BrFNO3. The SMILES string of the molecule is O=[N+]([O-])c1cc(F)c(Br)c(CO)c1. The summed E-state index contributed by atoms with van der Waals surface area (Å²) in [5, 5.41) is 19.0. The van der Waals surface area contributed by atoms with Crippen molar-refractivity contribution in [3.63, 3.8) is 0 Å². The van der Waals surface area contributed by atoms with Crippen molar-refractivity contribution < 1.29 is 14.4 Å². The lowest BCUT2D eigenvalue weighted by Gasteiger charge is -2.01. The molecule has 0 spiro atoms. The zero-order valence-electron chi connectivity index (χ0n) is 6.33. The van der Waals surface area contributed by atoms with E-state index in [1.54, 1.807) is 0 Å². The van der Waals surface area contributed by atoms with Crippen LogP contribution in [0.5, 0.6) is 0 Å². The van der Waals surface area contributed by atoms with E-state index in [2.05, 4.69) is 15.9 Å². The van der Waals surface area contributed by atoms with Crippen LogP contribution in [-0.2, 0) is 6.61 Å². The van der Waals surface area contributed by atoms with Crippen molar-refractivity contribution >= 4 is 21.6 Å². The van der Waals surface area contributed by atoms with E-state index in [0.29, 0.717) is 0 Å². The van der Waals surface area contributed by atoms with Crippen molar-refractivity contribution in [2.75, 3.05) is 0 Å². The van der Waals surface area contributed by atoms with Crippen molar-refractivity contribution in [2.45, 2.75) is 6.61 Å². The van der Waals surface area contributed by atoms with Gasteiger partial charge < -0.3 is 5.11 Å². The second-order valence-corrected chi connectivity index (χ2v) is 3.11. The van der Waals surface area contributed by atoms with Gasteiger partial charge in [0.15, 0.2) is 0 Å². The van der Waals surface area contributed by atoms with Crippen LogP contribution in [0.3, 0.4) is 0 Å². The summed E-state index contributed by atoms with van der Waals surface area (Å²) in [7, 11) is 0. The predicted molar refractivity (Wildman–Crippen MR) is 46.7 cm³/mol. The molecule has 0 aromatic heterocycles. The number of rotatable bonds is 2. The van der Waals surface area contributed by atoms with Gasteiger partial charge in [-0.3, -0.25) is 10.1 Å². The van der Waals surface area contributed by atoms with Crippen LogP contribution in [0.15, 0.2) is 16.6 Å². The van der Waals surface area contributed by atoms with Gasteiger partial charge in [-0.2, -0.15) is 0 Å². The molecule has 0 atom stereocenters. The molecule has 1 aromatic rings. The second kappa shape index (κ2) is 3.80. The Bertz CT molecular complexity index is 356. The summed E-state index contributed by atoms with van der Waals surface area (Å²) in [5.41, 5.74) is -0.212.